The number of carboxylic acids is 2. The van der Waals surface area contributed by atoms with Crippen LogP contribution in [0.5, 0.6) is 0 Å². The summed E-state index contributed by atoms with van der Waals surface area (Å²) in [6.07, 6.45) is 0. The predicted octanol–water partition coefficient (Wildman–Crippen LogP) is 1.06. The van der Waals surface area contributed by atoms with Gasteiger partial charge in [0, 0.05) is 9.79 Å². The lowest BCUT2D eigenvalue weighted by molar-refractivity contribution is 0.0679. The second-order valence-electron chi connectivity index (χ2n) is 2.33. The third-order valence-corrected chi connectivity index (χ3v) is 2.07. The second kappa shape index (κ2) is 3.89. The monoisotopic (exact) mass is 231 g/mol. The van der Waals surface area contributed by atoms with Gasteiger partial charge < -0.3 is 10.2 Å². The molecule has 0 atom stereocenters. The summed E-state index contributed by atoms with van der Waals surface area (Å²) in [5.41, 5.74) is -0.799. The first-order chi connectivity index (χ1) is 6.43. The summed E-state index contributed by atoms with van der Waals surface area (Å²) in [7, 11) is 0. The summed E-state index contributed by atoms with van der Waals surface area (Å²) < 4.78 is 0. The molecule has 2 N–H and O–H groups in total. The number of pyridine rings is 1. The highest BCUT2D eigenvalue weighted by Gasteiger charge is 2.17. The van der Waals surface area contributed by atoms with E-state index in [0.717, 1.165) is 0 Å². The Morgan fingerprint density at radius 1 is 1.07 bits per heavy atom. The number of nitrogens with zero attached hydrogens (tertiary/aromatic N) is 1. The number of carboxylic acid groups (broad SMARTS) is 2. The van der Waals surface area contributed by atoms with E-state index in [9.17, 15) is 9.59 Å². The quantitative estimate of drug-likeness (QED) is 0.571. The molecule has 5 nitrogen and oxygen atoms in total. The zero-order valence-corrected chi connectivity index (χ0v) is 8.42. The third-order valence-electron chi connectivity index (χ3n) is 1.39. The molecule has 0 unspecified atom stereocenters. The molecule has 1 aromatic heterocycles. The van der Waals surface area contributed by atoms with Crippen molar-refractivity contribution < 1.29 is 19.8 Å². The number of thiol groups is 2. The Labute approximate surface area is 89.6 Å². The number of aromatic nitrogens is 1. The highest BCUT2D eigenvalue weighted by atomic mass is 32.1. The van der Waals surface area contributed by atoms with Gasteiger partial charge in [0.05, 0.1) is 0 Å². The first-order valence-corrected chi connectivity index (χ1v) is 4.22. The van der Waals surface area contributed by atoms with Crippen LogP contribution in [0.15, 0.2) is 15.9 Å². The number of aromatic carboxylic acids is 2. The van der Waals surface area contributed by atoms with Crippen molar-refractivity contribution in [1.29, 1.82) is 0 Å². The van der Waals surface area contributed by atoms with Gasteiger partial charge in [-0.15, -0.1) is 25.3 Å². The summed E-state index contributed by atoms with van der Waals surface area (Å²) in [5.74, 6) is -2.66. The van der Waals surface area contributed by atoms with Crippen molar-refractivity contribution in [3.05, 3.63) is 17.5 Å². The lowest BCUT2D eigenvalue weighted by Gasteiger charge is -2.03. The average molecular weight is 231 g/mol. The van der Waals surface area contributed by atoms with Crippen molar-refractivity contribution >= 4 is 37.2 Å². The molecule has 0 aliphatic rings. The summed E-state index contributed by atoms with van der Waals surface area (Å²) in [6.45, 7) is 0. The van der Waals surface area contributed by atoms with Crippen LogP contribution in [0.1, 0.15) is 21.0 Å². The number of hydrogen-bond donors (Lipinski definition) is 4. The molecular weight excluding hydrogens is 226 g/mol. The molecule has 7 heteroatoms. The Bertz CT molecular complexity index is 383. The van der Waals surface area contributed by atoms with Crippen LogP contribution in [0.2, 0.25) is 0 Å². The SMILES string of the molecule is O=C(O)c1nc(C(=O)O)c(S)cc1S. The molecule has 1 heterocycles. The van der Waals surface area contributed by atoms with Gasteiger partial charge in [-0.25, -0.2) is 14.6 Å². The summed E-state index contributed by atoms with van der Waals surface area (Å²) in [4.78, 5) is 24.7. The van der Waals surface area contributed by atoms with Crippen molar-refractivity contribution in [2.45, 2.75) is 9.79 Å². The molecule has 1 aromatic rings. The predicted molar refractivity (Wildman–Crippen MR) is 52.7 cm³/mol. The molecule has 74 valence electrons. The standard InChI is InChI=1S/C7H5NO4S2/c9-6(10)4-2(13)1-3(14)5(8-4)7(11)12/h1,13-14H,(H,9,10)(H,11,12). The molecule has 0 aliphatic carbocycles. The van der Waals surface area contributed by atoms with E-state index >= 15 is 0 Å². The lowest BCUT2D eigenvalue weighted by Crippen LogP contribution is -2.09. The van der Waals surface area contributed by atoms with Crippen LogP contribution in [-0.4, -0.2) is 27.1 Å². The molecule has 0 fully saturated rings. The molecule has 0 saturated heterocycles. The molecule has 1 rings (SSSR count). The Hall–Kier alpha value is -1.21. The van der Waals surface area contributed by atoms with Gasteiger partial charge in [0.15, 0.2) is 11.4 Å². The average Bonchev–Trinajstić information content (AvgIpc) is 2.02. The van der Waals surface area contributed by atoms with Gasteiger partial charge in [0.1, 0.15) is 0 Å². The Kier molecular flexibility index (Phi) is 3.02. The van der Waals surface area contributed by atoms with E-state index in [1.54, 1.807) is 0 Å². The summed E-state index contributed by atoms with van der Waals surface area (Å²) in [5, 5.41) is 17.3. The normalized spacial score (nSPS) is 9.86. The van der Waals surface area contributed by atoms with Gasteiger partial charge in [0.25, 0.3) is 0 Å². The molecule has 0 amide bonds. The van der Waals surface area contributed by atoms with E-state index in [0.29, 0.717) is 0 Å². The fraction of sp³-hybridized carbons (Fsp3) is 0. The lowest BCUT2D eigenvalue weighted by atomic mass is 10.3. The molecular formula is C7H5NO4S2. The van der Waals surface area contributed by atoms with E-state index < -0.39 is 23.3 Å². The van der Waals surface area contributed by atoms with E-state index in [1.807, 2.05) is 0 Å². The van der Waals surface area contributed by atoms with Crippen LogP contribution >= 0.6 is 25.3 Å². The number of hydrogen-bond acceptors (Lipinski definition) is 5. The van der Waals surface area contributed by atoms with Crippen LogP contribution < -0.4 is 0 Å². The van der Waals surface area contributed by atoms with Crippen molar-refractivity contribution in [3.8, 4) is 0 Å². The van der Waals surface area contributed by atoms with Gasteiger partial charge in [0.2, 0.25) is 0 Å². The smallest absolute Gasteiger partial charge is 0.355 e. The Morgan fingerprint density at radius 2 is 1.43 bits per heavy atom. The molecule has 0 bridgehead atoms. The van der Waals surface area contributed by atoms with Crippen molar-refractivity contribution in [2.24, 2.45) is 0 Å². The first-order valence-electron chi connectivity index (χ1n) is 3.33. The number of rotatable bonds is 2. The highest BCUT2D eigenvalue weighted by molar-refractivity contribution is 7.81. The Balaban J connectivity index is 3.42. The van der Waals surface area contributed by atoms with Gasteiger partial charge in [-0.2, -0.15) is 0 Å². The van der Waals surface area contributed by atoms with E-state index in [1.165, 1.54) is 6.07 Å². The van der Waals surface area contributed by atoms with Gasteiger partial charge >= 0.3 is 11.9 Å². The first kappa shape index (κ1) is 10.9. The number of carbonyl (C=O) groups is 2. The van der Waals surface area contributed by atoms with E-state index in [-0.39, 0.29) is 9.79 Å². The summed E-state index contributed by atoms with van der Waals surface area (Å²) >= 11 is 7.68. The fourth-order valence-corrected chi connectivity index (χ4v) is 1.46. The molecule has 14 heavy (non-hydrogen) atoms. The van der Waals surface area contributed by atoms with Crippen LogP contribution in [0.25, 0.3) is 0 Å². The van der Waals surface area contributed by atoms with Crippen molar-refractivity contribution in [2.75, 3.05) is 0 Å². The van der Waals surface area contributed by atoms with Crippen LogP contribution in [0.4, 0.5) is 0 Å². The zero-order chi connectivity index (χ0) is 10.9. The van der Waals surface area contributed by atoms with Crippen LogP contribution in [0.3, 0.4) is 0 Å². The fourth-order valence-electron chi connectivity index (χ4n) is 0.807. The largest absolute Gasteiger partial charge is 0.476 e. The molecule has 0 saturated carbocycles. The maximum Gasteiger partial charge on any atom is 0.355 e. The van der Waals surface area contributed by atoms with Crippen molar-refractivity contribution in [1.82, 2.24) is 4.98 Å². The Morgan fingerprint density at radius 3 is 1.71 bits per heavy atom. The minimum Gasteiger partial charge on any atom is -0.476 e. The topological polar surface area (TPSA) is 87.5 Å². The van der Waals surface area contributed by atoms with Gasteiger partial charge in [-0.05, 0) is 6.07 Å². The summed E-state index contributed by atoms with van der Waals surface area (Å²) in [6, 6.07) is 1.23. The second-order valence-corrected chi connectivity index (χ2v) is 3.30. The van der Waals surface area contributed by atoms with Crippen LogP contribution in [-0.2, 0) is 0 Å². The van der Waals surface area contributed by atoms with E-state index in [2.05, 4.69) is 30.2 Å². The minimum atomic E-state index is -1.33. The third kappa shape index (κ3) is 1.99. The van der Waals surface area contributed by atoms with Gasteiger partial charge in [-0.3, -0.25) is 0 Å². The highest BCUT2D eigenvalue weighted by Crippen LogP contribution is 2.19. The van der Waals surface area contributed by atoms with Crippen LogP contribution in [0, 0.1) is 0 Å². The van der Waals surface area contributed by atoms with E-state index in [4.69, 9.17) is 10.2 Å². The van der Waals surface area contributed by atoms with Crippen molar-refractivity contribution in [3.63, 3.8) is 0 Å². The molecule has 0 aromatic carbocycles. The minimum absolute atomic E-state index is 0.0764. The molecule has 0 aliphatic heterocycles. The molecule has 0 spiro atoms. The molecule has 0 radical (unpaired) electrons. The maximum atomic E-state index is 10.6. The maximum absolute atomic E-state index is 10.6. The van der Waals surface area contributed by atoms with Gasteiger partial charge in [-0.1, -0.05) is 0 Å². The zero-order valence-electron chi connectivity index (χ0n) is 6.63.